The summed E-state index contributed by atoms with van der Waals surface area (Å²) in [7, 11) is 0. The van der Waals surface area contributed by atoms with Crippen LogP contribution in [-0.2, 0) is 19.4 Å². The lowest BCUT2D eigenvalue weighted by Crippen LogP contribution is -2.47. The van der Waals surface area contributed by atoms with E-state index in [-0.39, 0.29) is 0 Å². The van der Waals surface area contributed by atoms with E-state index >= 15 is 0 Å². The maximum atomic E-state index is 11.2. The summed E-state index contributed by atoms with van der Waals surface area (Å²) in [6, 6.07) is 14.6. The second-order valence-corrected chi connectivity index (χ2v) is 8.78. The lowest BCUT2D eigenvalue weighted by atomic mass is 9.98. The monoisotopic (exact) mass is 464 g/mol. The molecule has 170 valence electrons. The number of rotatable bonds is 2. The third-order valence-electron chi connectivity index (χ3n) is 6.12. The molecule has 6 bridgehead atoms. The van der Waals surface area contributed by atoms with Crippen LogP contribution >= 0.6 is 11.6 Å². The maximum absolute atomic E-state index is 11.2. The molecule has 1 saturated heterocycles. The molecule has 1 fully saturated rings. The molecule has 3 aromatic rings. The van der Waals surface area contributed by atoms with Crippen molar-refractivity contribution in [1.29, 1.82) is 0 Å². The van der Waals surface area contributed by atoms with Gasteiger partial charge in [0, 0.05) is 44.1 Å². The Morgan fingerprint density at radius 1 is 1.03 bits per heavy atom. The van der Waals surface area contributed by atoms with Crippen molar-refractivity contribution in [3.8, 4) is 0 Å². The summed E-state index contributed by atoms with van der Waals surface area (Å²) in [6.07, 6.45) is 2.54. The molecule has 5 rings (SSSR count). The Balaban J connectivity index is 1.44. The SMILES string of the molecule is O=C(O)N1CCN(Cc2ccc3cc2CCc2cccc(c2)Nc2ncc(Cl)c(n2)N3)CC1. The van der Waals surface area contributed by atoms with Gasteiger partial charge in [0.25, 0.3) is 0 Å². The van der Waals surface area contributed by atoms with Crippen LogP contribution in [0.25, 0.3) is 0 Å². The van der Waals surface area contributed by atoms with Crippen molar-refractivity contribution in [3.05, 3.63) is 70.4 Å². The molecule has 0 spiro atoms. The van der Waals surface area contributed by atoms with Crippen molar-refractivity contribution in [2.24, 2.45) is 0 Å². The standard InChI is InChI=1S/C24H25ClN6O2/c25-21-14-26-23-28-19-3-1-2-16(12-19)4-5-17-13-20(27-22(21)29-23)7-6-18(17)15-30-8-10-31(11-9-30)24(32)33/h1-3,6-7,12-14H,4-5,8-11,15H2,(H,32,33)(H2,26,27,28,29). The molecule has 0 atom stereocenters. The summed E-state index contributed by atoms with van der Waals surface area (Å²) in [5, 5.41) is 16.3. The zero-order valence-corrected chi connectivity index (χ0v) is 18.8. The topological polar surface area (TPSA) is 93.6 Å². The molecule has 0 aliphatic carbocycles. The second-order valence-electron chi connectivity index (χ2n) is 8.37. The Bertz CT molecular complexity index is 1180. The highest BCUT2D eigenvalue weighted by molar-refractivity contribution is 6.32. The van der Waals surface area contributed by atoms with Crippen LogP contribution in [-0.4, -0.2) is 57.1 Å². The van der Waals surface area contributed by atoms with Crippen molar-refractivity contribution in [1.82, 2.24) is 19.8 Å². The fourth-order valence-corrected chi connectivity index (χ4v) is 4.43. The van der Waals surface area contributed by atoms with E-state index in [1.54, 1.807) is 6.20 Å². The first-order valence-electron chi connectivity index (χ1n) is 11.0. The molecule has 2 aromatic carbocycles. The molecule has 9 heteroatoms. The number of nitrogens with one attached hydrogen (secondary N) is 2. The van der Waals surface area contributed by atoms with Crippen molar-refractivity contribution in [3.63, 3.8) is 0 Å². The van der Waals surface area contributed by atoms with Crippen LogP contribution in [0.15, 0.2) is 48.7 Å². The predicted octanol–water partition coefficient (Wildman–Crippen LogP) is 4.51. The van der Waals surface area contributed by atoms with E-state index in [4.69, 9.17) is 11.6 Å². The molecule has 0 unspecified atom stereocenters. The van der Waals surface area contributed by atoms with Gasteiger partial charge in [-0.05, 0) is 53.8 Å². The molecule has 3 N–H and O–H groups in total. The minimum absolute atomic E-state index is 0.450. The van der Waals surface area contributed by atoms with E-state index < -0.39 is 6.09 Å². The highest BCUT2D eigenvalue weighted by Crippen LogP contribution is 2.28. The van der Waals surface area contributed by atoms with E-state index in [0.717, 1.165) is 43.9 Å². The van der Waals surface area contributed by atoms with Crippen LogP contribution in [0.4, 0.5) is 27.9 Å². The summed E-state index contributed by atoms with van der Waals surface area (Å²) in [4.78, 5) is 23.9. The Hall–Kier alpha value is -3.36. The highest BCUT2D eigenvalue weighted by Gasteiger charge is 2.21. The third-order valence-corrected chi connectivity index (χ3v) is 6.39. The summed E-state index contributed by atoms with van der Waals surface area (Å²) in [6.45, 7) is 3.35. The average Bonchev–Trinajstić information content (AvgIpc) is 2.82. The number of aryl methyl sites for hydroxylation is 2. The predicted molar refractivity (Wildman–Crippen MR) is 129 cm³/mol. The van der Waals surface area contributed by atoms with Gasteiger partial charge in [0.15, 0.2) is 5.82 Å². The smallest absolute Gasteiger partial charge is 0.407 e. The Labute approximate surface area is 197 Å². The number of aromatic nitrogens is 2. The number of nitrogens with zero attached hydrogens (tertiary/aromatic N) is 4. The van der Waals surface area contributed by atoms with E-state index in [0.29, 0.717) is 29.9 Å². The number of hydrogen-bond donors (Lipinski definition) is 3. The van der Waals surface area contributed by atoms with Gasteiger partial charge in [-0.15, -0.1) is 0 Å². The molecule has 33 heavy (non-hydrogen) atoms. The van der Waals surface area contributed by atoms with Crippen LogP contribution in [0.1, 0.15) is 16.7 Å². The first-order chi connectivity index (χ1) is 16.0. The molecular formula is C24H25ClN6O2. The van der Waals surface area contributed by atoms with Gasteiger partial charge >= 0.3 is 6.09 Å². The van der Waals surface area contributed by atoms with Crippen LogP contribution in [0.3, 0.4) is 0 Å². The van der Waals surface area contributed by atoms with Crippen LogP contribution in [0, 0.1) is 0 Å². The Kier molecular flexibility index (Phi) is 6.02. The first-order valence-corrected chi connectivity index (χ1v) is 11.4. The average molecular weight is 465 g/mol. The van der Waals surface area contributed by atoms with E-state index in [2.05, 4.69) is 49.8 Å². The van der Waals surface area contributed by atoms with Gasteiger partial charge in [-0.1, -0.05) is 29.8 Å². The largest absolute Gasteiger partial charge is 0.465 e. The second kappa shape index (κ2) is 9.25. The zero-order chi connectivity index (χ0) is 22.8. The van der Waals surface area contributed by atoms with Gasteiger partial charge in [-0.2, -0.15) is 4.98 Å². The lowest BCUT2D eigenvalue weighted by Gasteiger charge is -2.33. The molecule has 8 nitrogen and oxygen atoms in total. The molecule has 2 aliphatic heterocycles. The summed E-state index contributed by atoms with van der Waals surface area (Å²) >= 11 is 6.36. The van der Waals surface area contributed by atoms with Crippen molar-refractivity contribution >= 4 is 40.8 Å². The first kappa shape index (κ1) is 21.5. The number of amides is 1. The number of piperazine rings is 1. The third kappa shape index (κ3) is 5.02. The summed E-state index contributed by atoms with van der Waals surface area (Å²) < 4.78 is 0. The number of benzene rings is 2. The van der Waals surface area contributed by atoms with Crippen LogP contribution in [0.5, 0.6) is 0 Å². The Morgan fingerprint density at radius 3 is 2.67 bits per heavy atom. The molecule has 2 aliphatic rings. The number of halogens is 1. The van der Waals surface area contributed by atoms with Gasteiger partial charge in [0.05, 0.1) is 6.20 Å². The Morgan fingerprint density at radius 2 is 1.85 bits per heavy atom. The minimum atomic E-state index is -0.841. The van der Waals surface area contributed by atoms with Crippen LogP contribution in [0.2, 0.25) is 5.02 Å². The molecule has 1 aromatic heterocycles. The fourth-order valence-electron chi connectivity index (χ4n) is 4.29. The normalized spacial score (nSPS) is 16.0. The van der Waals surface area contributed by atoms with Gasteiger partial charge in [0.2, 0.25) is 5.95 Å². The molecular weight excluding hydrogens is 440 g/mol. The number of hydrogen-bond acceptors (Lipinski definition) is 6. The number of carbonyl (C=O) groups is 1. The molecule has 3 heterocycles. The number of anilines is 4. The number of fused-ring (bicyclic) bond motifs is 6. The number of carboxylic acid groups (broad SMARTS) is 1. The van der Waals surface area contributed by atoms with E-state index in [9.17, 15) is 9.90 Å². The van der Waals surface area contributed by atoms with Gasteiger partial charge in [-0.25, -0.2) is 9.78 Å². The molecule has 1 amide bonds. The van der Waals surface area contributed by atoms with E-state index in [1.165, 1.54) is 21.6 Å². The van der Waals surface area contributed by atoms with E-state index in [1.807, 2.05) is 18.2 Å². The maximum Gasteiger partial charge on any atom is 0.407 e. The minimum Gasteiger partial charge on any atom is -0.465 e. The summed E-state index contributed by atoms with van der Waals surface area (Å²) in [5.41, 5.74) is 5.59. The van der Waals surface area contributed by atoms with Crippen molar-refractivity contribution < 1.29 is 9.90 Å². The summed E-state index contributed by atoms with van der Waals surface area (Å²) in [5.74, 6) is 1.03. The van der Waals surface area contributed by atoms with Gasteiger partial charge in [0.1, 0.15) is 5.02 Å². The van der Waals surface area contributed by atoms with Crippen molar-refractivity contribution in [2.45, 2.75) is 19.4 Å². The molecule has 0 radical (unpaired) electrons. The highest BCUT2D eigenvalue weighted by atomic mass is 35.5. The van der Waals surface area contributed by atoms with Crippen molar-refractivity contribution in [2.75, 3.05) is 36.8 Å². The fraction of sp³-hybridized carbons (Fsp3) is 0.292. The zero-order valence-electron chi connectivity index (χ0n) is 18.1. The van der Waals surface area contributed by atoms with Gasteiger partial charge < -0.3 is 20.6 Å². The molecule has 0 saturated carbocycles. The van der Waals surface area contributed by atoms with Crippen LogP contribution < -0.4 is 10.6 Å². The quantitative estimate of drug-likeness (QED) is 0.513. The lowest BCUT2D eigenvalue weighted by molar-refractivity contribution is 0.103. The van der Waals surface area contributed by atoms with Gasteiger partial charge in [-0.3, -0.25) is 4.90 Å².